The van der Waals surface area contributed by atoms with Gasteiger partial charge in [-0.3, -0.25) is 9.59 Å². The Labute approximate surface area is 163 Å². The van der Waals surface area contributed by atoms with Crippen LogP contribution in [0.1, 0.15) is 28.8 Å². The molecule has 0 saturated carbocycles. The van der Waals surface area contributed by atoms with Crippen LogP contribution >= 0.6 is 0 Å². The predicted molar refractivity (Wildman–Crippen MR) is 110 cm³/mol. The van der Waals surface area contributed by atoms with Crippen LogP contribution < -0.4 is 16.0 Å². The molecule has 0 aliphatic carbocycles. The van der Waals surface area contributed by atoms with E-state index in [9.17, 15) is 9.59 Å². The van der Waals surface area contributed by atoms with E-state index in [1.165, 1.54) is 6.92 Å². The van der Waals surface area contributed by atoms with Gasteiger partial charge in [-0.2, -0.15) is 0 Å². The summed E-state index contributed by atoms with van der Waals surface area (Å²) in [7, 11) is 0. The van der Waals surface area contributed by atoms with Crippen LogP contribution in [0.15, 0.2) is 54.6 Å². The van der Waals surface area contributed by atoms with Crippen LogP contribution in [0.3, 0.4) is 0 Å². The Morgan fingerprint density at radius 1 is 0.821 bits per heavy atom. The molecule has 7 nitrogen and oxygen atoms in total. The number of hydrogen-bond acceptors (Lipinski definition) is 5. The summed E-state index contributed by atoms with van der Waals surface area (Å²) in [5, 5.41) is 8.71. The molecule has 3 aromatic rings. The van der Waals surface area contributed by atoms with E-state index in [0.717, 1.165) is 11.3 Å². The second kappa shape index (κ2) is 8.30. The fourth-order valence-electron chi connectivity index (χ4n) is 2.65. The molecule has 0 spiro atoms. The maximum absolute atomic E-state index is 12.6. The Balaban J connectivity index is 1.75. The van der Waals surface area contributed by atoms with E-state index in [1.807, 2.05) is 43.3 Å². The number of aryl methyl sites for hydroxylation is 2. The first kappa shape index (κ1) is 19.0. The van der Waals surface area contributed by atoms with Crippen LogP contribution in [-0.4, -0.2) is 21.8 Å². The summed E-state index contributed by atoms with van der Waals surface area (Å²) in [6.07, 6.45) is 0. The summed E-state index contributed by atoms with van der Waals surface area (Å²) in [6, 6.07) is 16.4. The molecule has 3 N–H and O–H groups in total. The number of nitrogens with zero attached hydrogens (tertiary/aromatic N) is 2. The minimum atomic E-state index is -0.305. The minimum absolute atomic E-state index is 0.128. The smallest absolute Gasteiger partial charge is 0.274 e. The Hall–Kier alpha value is -3.74. The molecule has 1 heterocycles. The van der Waals surface area contributed by atoms with Crippen molar-refractivity contribution < 1.29 is 9.59 Å². The molecule has 0 unspecified atom stereocenters. The molecule has 0 radical (unpaired) electrons. The van der Waals surface area contributed by atoms with Crippen LogP contribution in [0.4, 0.5) is 22.9 Å². The molecule has 0 aliphatic heterocycles. The van der Waals surface area contributed by atoms with Gasteiger partial charge in [-0.25, -0.2) is 9.97 Å². The molecule has 0 atom stereocenters. The largest absolute Gasteiger partial charge is 0.340 e. The molecular formula is C21H21N5O2. The van der Waals surface area contributed by atoms with Gasteiger partial charge in [-0.1, -0.05) is 12.1 Å². The van der Waals surface area contributed by atoms with E-state index >= 15 is 0 Å². The second-order valence-electron chi connectivity index (χ2n) is 6.39. The standard InChI is InChI=1S/C21H21N5O2/c1-13-5-4-6-18(11-13)26-21(28)19-12-20(23-14(2)22-19)25-17-9-7-16(8-10-17)24-15(3)27/h4-12H,1-3H3,(H,24,27)(H,26,28)(H,22,23,25). The fraction of sp³-hybridized carbons (Fsp3) is 0.143. The zero-order chi connectivity index (χ0) is 20.1. The number of carbonyl (C=O) groups is 2. The van der Waals surface area contributed by atoms with Crippen molar-refractivity contribution in [2.24, 2.45) is 0 Å². The van der Waals surface area contributed by atoms with Crippen LogP contribution in [-0.2, 0) is 4.79 Å². The highest BCUT2D eigenvalue weighted by atomic mass is 16.2. The SMILES string of the molecule is CC(=O)Nc1ccc(Nc2cc(C(=O)Nc3cccc(C)c3)nc(C)n2)cc1. The topological polar surface area (TPSA) is 96.0 Å². The van der Waals surface area contributed by atoms with Crippen molar-refractivity contribution >= 4 is 34.7 Å². The molecular weight excluding hydrogens is 354 g/mol. The molecule has 0 bridgehead atoms. The fourth-order valence-corrected chi connectivity index (χ4v) is 2.65. The summed E-state index contributed by atoms with van der Waals surface area (Å²) < 4.78 is 0. The van der Waals surface area contributed by atoms with Crippen LogP contribution in [0.25, 0.3) is 0 Å². The van der Waals surface area contributed by atoms with Crippen molar-refractivity contribution in [1.29, 1.82) is 0 Å². The monoisotopic (exact) mass is 375 g/mol. The summed E-state index contributed by atoms with van der Waals surface area (Å²) in [4.78, 5) is 32.2. The predicted octanol–water partition coefficient (Wildman–Crippen LogP) is 4.05. The van der Waals surface area contributed by atoms with E-state index in [0.29, 0.717) is 23.0 Å². The Morgan fingerprint density at radius 3 is 2.21 bits per heavy atom. The molecule has 2 aromatic carbocycles. The number of hydrogen-bond donors (Lipinski definition) is 3. The Kier molecular flexibility index (Phi) is 5.64. The van der Waals surface area contributed by atoms with Crippen molar-refractivity contribution in [2.45, 2.75) is 20.8 Å². The number of aromatic nitrogens is 2. The lowest BCUT2D eigenvalue weighted by Gasteiger charge is -2.10. The highest BCUT2D eigenvalue weighted by Gasteiger charge is 2.11. The zero-order valence-electron chi connectivity index (χ0n) is 15.9. The average molecular weight is 375 g/mol. The van der Waals surface area contributed by atoms with E-state index < -0.39 is 0 Å². The lowest BCUT2D eigenvalue weighted by molar-refractivity contribution is -0.114. The number of benzene rings is 2. The van der Waals surface area contributed by atoms with Gasteiger partial charge in [-0.05, 0) is 55.8 Å². The van der Waals surface area contributed by atoms with Crippen LogP contribution in [0.5, 0.6) is 0 Å². The Morgan fingerprint density at radius 2 is 1.54 bits per heavy atom. The third-order valence-electron chi connectivity index (χ3n) is 3.82. The zero-order valence-corrected chi connectivity index (χ0v) is 15.9. The molecule has 7 heteroatoms. The highest BCUT2D eigenvalue weighted by Crippen LogP contribution is 2.19. The highest BCUT2D eigenvalue weighted by molar-refractivity contribution is 6.03. The average Bonchev–Trinajstić information content (AvgIpc) is 2.62. The van der Waals surface area contributed by atoms with Gasteiger partial charge < -0.3 is 16.0 Å². The van der Waals surface area contributed by atoms with Crippen molar-refractivity contribution in [3.63, 3.8) is 0 Å². The van der Waals surface area contributed by atoms with Gasteiger partial charge in [0.15, 0.2) is 0 Å². The molecule has 0 fully saturated rings. The maximum Gasteiger partial charge on any atom is 0.274 e. The van der Waals surface area contributed by atoms with E-state index in [4.69, 9.17) is 0 Å². The van der Waals surface area contributed by atoms with Crippen molar-refractivity contribution in [3.8, 4) is 0 Å². The van der Waals surface area contributed by atoms with Crippen LogP contribution in [0, 0.1) is 13.8 Å². The first-order valence-electron chi connectivity index (χ1n) is 8.77. The molecule has 142 valence electrons. The molecule has 3 rings (SSSR count). The molecule has 0 aliphatic rings. The van der Waals surface area contributed by atoms with Gasteiger partial charge in [0.1, 0.15) is 17.3 Å². The van der Waals surface area contributed by atoms with E-state index in [-0.39, 0.29) is 17.5 Å². The third-order valence-corrected chi connectivity index (χ3v) is 3.82. The van der Waals surface area contributed by atoms with E-state index in [2.05, 4.69) is 25.9 Å². The van der Waals surface area contributed by atoms with Crippen molar-refractivity contribution in [3.05, 3.63) is 71.7 Å². The molecule has 28 heavy (non-hydrogen) atoms. The van der Waals surface area contributed by atoms with Gasteiger partial charge in [-0.15, -0.1) is 0 Å². The Bertz CT molecular complexity index is 1020. The maximum atomic E-state index is 12.6. The lowest BCUT2D eigenvalue weighted by atomic mass is 10.2. The first-order chi connectivity index (χ1) is 13.4. The first-order valence-corrected chi connectivity index (χ1v) is 8.77. The van der Waals surface area contributed by atoms with Gasteiger partial charge in [0.25, 0.3) is 5.91 Å². The second-order valence-corrected chi connectivity index (χ2v) is 6.39. The number of rotatable bonds is 5. The lowest BCUT2D eigenvalue weighted by Crippen LogP contribution is -2.15. The molecule has 0 saturated heterocycles. The number of nitrogens with one attached hydrogen (secondary N) is 3. The van der Waals surface area contributed by atoms with Gasteiger partial charge in [0.2, 0.25) is 5.91 Å². The summed E-state index contributed by atoms with van der Waals surface area (Å²) in [6.45, 7) is 5.15. The normalized spacial score (nSPS) is 10.2. The van der Waals surface area contributed by atoms with Gasteiger partial charge >= 0.3 is 0 Å². The van der Waals surface area contributed by atoms with E-state index in [1.54, 1.807) is 25.1 Å². The van der Waals surface area contributed by atoms with Gasteiger partial charge in [0.05, 0.1) is 0 Å². The molecule has 1 aromatic heterocycles. The number of anilines is 4. The van der Waals surface area contributed by atoms with Crippen molar-refractivity contribution in [2.75, 3.05) is 16.0 Å². The minimum Gasteiger partial charge on any atom is -0.340 e. The third kappa shape index (κ3) is 5.14. The number of carbonyl (C=O) groups excluding carboxylic acids is 2. The van der Waals surface area contributed by atoms with Crippen LogP contribution in [0.2, 0.25) is 0 Å². The summed E-state index contributed by atoms with van der Waals surface area (Å²) in [5.74, 6) is 0.556. The van der Waals surface area contributed by atoms with Crippen molar-refractivity contribution in [1.82, 2.24) is 9.97 Å². The number of amides is 2. The summed E-state index contributed by atoms with van der Waals surface area (Å²) >= 11 is 0. The summed E-state index contributed by atoms with van der Waals surface area (Å²) in [5.41, 5.74) is 3.52. The molecule has 2 amide bonds. The quantitative estimate of drug-likeness (QED) is 0.625. The van der Waals surface area contributed by atoms with Gasteiger partial charge in [0, 0.05) is 30.1 Å².